The van der Waals surface area contributed by atoms with Gasteiger partial charge in [-0.3, -0.25) is 0 Å². The summed E-state index contributed by atoms with van der Waals surface area (Å²) >= 11 is 0. The third-order valence-electron chi connectivity index (χ3n) is 5.67. The van der Waals surface area contributed by atoms with Crippen molar-refractivity contribution in [2.24, 2.45) is 21.0 Å². The van der Waals surface area contributed by atoms with Crippen molar-refractivity contribution in [3.8, 4) is 0 Å². The summed E-state index contributed by atoms with van der Waals surface area (Å²) in [5.41, 5.74) is 4.83. The van der Waals surface area contributed by atoms with E-state index in [4.69, 9.17) is 10.2 Å². The molecule has 0 spiro atoms. The van der Waals surface area contributed by atoms with Crippen LogP contribution >= 0.6 is 0 Å². The highest BCUT2D eigenvalue weighted by Gasteiger charge is 2.39. The van der Waals surface area contributed by atoms with Crippen molar-refractivity contribution >= 4 is 44.4 Å². The highest BCUT2D eigenvalue weighted by atomic mass is 28.4. The topological polar surface area (TPSA) is 31.2 Å². The van der Waals surface area contributed by atoms with E-state index in [9.17, 15) is 0 Å². The number of allylic oxidation sites excluding steroid dienone is 4. The summed E-state index contributed by atoms with van der Waals surface area (Å²) in [7, 11) is -6.53. The Morgan fingerprint density at radius 2 is 0.765 bits per heavy atom. The van der Waals surface area contributed by atoms with Gasteiger partial charge >= 0.3 is 0 Å². The maximum absolute atomic E-state index is 5.57. The minimum atomic E-state index is -1.65. The lowest BCUT2D eigenvalue weighted by molar-refractivity contribution is 0.501. The van der Waals surface area contributed by atoms with Crippen molar-refractivity contribution in [2.45, 2.75) is 120 Å². The maximum atomic E-state index is 5.57. The highest BCUT2D eigenvalue weighted by Crippen LogP contribution is 2.39. The molecule has 0 unspecified atom stereocenters. The van der Waals surface area contributed by atoms with E-state index in [1.807, 2.05) is 0 Å². The predicted octanol–water partition coefficient (Wildman–Crippen LogP) is 8.60. The van der Waals surface area contributed by atoms with Crippen molar-refractivity contribution in [1.82, 2.24) is 8.68 Å². The van der Waals surface area contributed by atoms with E-state index in [1.165, 1.54) is 16.9 Å². The first-order valence-corrected chi connectivity index (χ1v) is 26.7. The van der Waals surface area contributed by atoms with Crippen molar-refractivity contribution < 1.29 is 0 Å². The molecule has 0 bridgehead atoms. The summed E-state index contributed by atoms with van der Waals surface area (Å²) in [6.07, 6.45) is 4.68. The van der Waals surface area contributed by atoms with Crippen LogP contribution < -0.4 is 0 Å². The summed E-state index contributed by atoms with van der Waals surface area (Å²) in [5, 5.41) is 11.0. The van der Waals surface area contributed by atoms with E-state index >= 15 is 0 Å². The SMILES string of the molecule is CC(C)(C)C1=CC(=NN([Si](C)(C)C)[Si](C)(C)C)C=C(C(C)(C)C)C1=NN([Si](C)(C)C)[Si](C)(C)C. The van der Waals surface area contributed by atoms with Crippen molar-refractivity contribution in [3.63, 3.8) is 0 Å². The second-order valence-electron chi connectivity index (χ2n) is 15.9. The second-order valence-corrected chi connectivity index (χ2v) is 35.9. The van der Waals surface area contributed by atoms with Crippen molar-refractivity contribution in [1.29, 1.82) is 0 Å². The van der Waals surface area contributed by atoms with Gasteiger partial charge in [0.25, 0.3) is 0 Å². The Hall–Kier alpha value is -0.712. The second kappa shape index (κ2) is 9.63. The first-order chi connectivity index (χ1) is 14.7. The fourth-order valence-electron chi connectivity index (χ4n) is 4.76. The molecule has 0 radical (unpaired) electrons. The molecule has 196 valence electrons. The van der Waals surface area contributed by atoms with Crippen LogP contribution in [-0.2, 0) is 0 Å². The molecule has 0 atom stereocenters. The molecule has 0 N–H and O–H groups in total. The van der Waals surface area contributed by atoms with E-state index in [1.54, 1.807) is 0 Å². The van der Waals surface area contributed by atoms with Crippen LogP contribution in [0.25, 0.3) is 0 Å². The standard InChI is InChI=1S/C26H56N4Si4/c1-25(2,3)22-19-21(27-29(31(7,8)9)32(10,11)12)20-23(26(4,5)6)24(22)28-30(33(13,14)15)34(16,17)18/h19-20H,1-18H3. The van der Waals surface area contributed by atoms with Crippen LogP contribution in [0.2, 0.25) is 78.6 Å². The quantitative estimate of drug-likeness (QED) is 0.193. The van der Waals surface area contributed by atoms with Gasteiger partial charge in [0.2, 0.25) is 0 Å². The summed E-state index contributed by atoms with van der Waals surface area (Å²) < 4.78 is 5.09. The normalized spacial score (nSPS) is 16.8. The first-order valence-electron chi connectivity index (χ1n) is 12.9. The largest absolute Gasteiger partial charge is 0.349 e. The minimum absolute atomic E-state index is 0.0297. The lowest BCUT2D eigenvalue weighted by Crippen LogP contribution is -2.57. The Labute approximate surface area is 217 Å². The number of nitrogens with zero attached hydrogens (tertiary/aromatic N) is 4. The van der Waals surface area contributed by atoms with Gasteiger partial charge in [0.1, 0.15) is 0 Å². The minimum Gasteiger partial charge on any atom is -0.349 e. The molecule has 34 heavy (non-hydrogen) atoms. The molecule has 0 aromatic rings. The van der Waals surface area contributed by atoms with Crippen LogP contribution in [-0.4, -0.2) is 53.0 Å². The average Bonchev–Trinajstić information content (AvgIpc) is 2.51. The van der Waals surface area contributed by atoms with E-state index in [0.717, 1.165) is 5.71 Å². The van der Waals surface area contributed by atoms with Gasteiger partial charge in [0.15, 0.2) is 32.9 Å². The Balaban J connectivity index is 4.03. The van der Waals surface area contributed by atoms with Gasteiger partial charge in [0, 0.05) is 0 Å². The van der Waals surface area contributed by atoms with Gasteiger partial charge in [0.05, 0.1) is 11.4 Å². The van der Waals surface area contributed by atoms with Crippen LogP contribution in [0.5, 0.6) is 0 Å². The Morgan fingerprint density at radius 3 is 1.00 bits per heavy atom. The monoisotopic (exact) mass is 536 g/mol. The van der Waals surface area contributed by atoms with Gasteiger partial charge in [-0.15, -0.1) is 0 Å². The molecule has 0 aromatic carbocycles. The molecular formula is C26H56N4Si4. The lowest BCUT2D eigenvalue weighted by Gasteiger charge is -2.44. The lowest BCUT2D eigenvalue weighted by atomic mass is 9.72. The van der Waals surface area contributed by atoms with Crippen LogP contribution in [0.3, 0.4) is 0 Å². The molecule has 8 heteroatoms. The molecule has 1 rings (SSSR count). The van der Waals surface area contributed by atoms with Crippen molar-refractivity contribution in [3.05, 3.63) is 23.3 Å². The summed E-state index contributed by atoms with van der Waals surface area (Å²) in [6.45, 7) is 42.9. The van der Waals surface area contributed by atoms with Crippen LogP contribution in [0.15, 0.2) is 33.5 Å². The first kappa shape index (κ1) is 31.3. The number of hydrazone groups is 2. The molecule has 1 aliphatic carbocycles. The van der Waals surface area contributed by atoms with Gasteiger partial charge in [-0.25, -0.2) is 0 Å². The fraction of sp³-hybridized carbons (Fsp3) is 0.769. The van der Waals surface area contributed by atoms with E-state index in [0.29, 0.717) is 0 Å². The number of hydrogen-bond donors (Lipinski definition) is 0. The number of hydrogen-bond acceptors (Lipinski definition) is 4. The van der Waals surface area contributed by atoms with Gasteiger partial charge in [-0.2, -0.15) is 10.2 Å². The third kappa shape index (κ3) is 8.17. The highest BCUT2D eigenvalue weighted by molar-refractivity contribution is 6.90. The van der Waals surface area contributed by atoms with E-state index in [-0.39, 0.29) is 10.8 Å². The smallest absolute Gasteiger partial charge is 0.158 e. The molecule has 4 nitrogen and oxygen atoms in total. The van der Waals surface area contributed by atoms with Crippen molar-refractivity contribution in [2.75, 3.05) is 0 Å². The Morgan fingerprint density at radius 1 is 0.500 bits per heavy atom. The third-order valence-corrected chi connectivity index (χ3v) is 19.2. The van der Waals surface area contributed by atoms with Crippen LogP contribution in [0.1, 0.15) is 41.5 Å². The van der Waals surface area contributed by atoms with Crippen LogP contribution in [0, 0.1) is 10.8 Å². The van der Waals surface area contributed by atoms with Gasteiger partial charge < -0.3 is 8.68 Å². The molecular weight excluding hydrogens is 481 g/mol. The molecule has 1 aliphatic rings. The fourth-order valence-corrected chi connectivity index (χ4v) is 22.5. The number of rotatable bonds is 6. The Bertz CT molecular complexity index is 809. The molecule has 0 aromatic heterocycles. The van der Waals surface area contributed by atoms with Gasteiger partial charge in [-0.1, -0.05) is 120 Å². The molecule has 0 amide bonds. The zero-order valence-corrected chi connectivity index (χ0v) is 29.9. The summed E-state index contributed by atoms with van der Waals surface area (Å²) in [4.78, 5) is 0. The van der Waals surface area contributed by atoms with E-state index in [2.05, 4.69) is 141 Å². The maximum Gasteiger partial charge on any atom is 0.158 e. The zero-order valence-electron chi connectivity index (χ0n) is 25.9. The Kier molecular flexibility index (Phi) is 8.87. The molecule has 0 saturated carbocycles. The van der Waals surface area contributed by atoms with E-state index < -0.39 is 32.9 Å². The summed E-state index contributed by atoms with van der Waals surface area (Å²) in [5.74, 6) is 0. The van der Waals surface area contributed by atoms with Gasteiger partial charge in [-0.05, 0) is 34.1 Å². The molecule has 0 saturated heterocycles. The zero-order chi connectivity index (χ0) is 27.3. The molecule has 0 heterocycles. The summed E-state index contributed by atoms with van der Waals surface area (Å²) in [6, 6.07) is 0. The predicted molar refractivity (Wildman–Crippen MR) is 167 cm³/mol. The van der Waals surface area contributed by atoms with Crippen LogP contribution in [0.4, 0.5) is 0 Å². The molecule has 0 fully saturated rings. The molecule has 0 aliphatic heterocycles. The average molecular weight is 537 g/mol.